The lowest BCUT2D eigenvalue weighted by molar-refractivity contribution is 0.0699. The highest BCUT2D eigenvalue weighted by molar-refractivity contribution is 6.03. The number of rotatable bonds is 1. The lowest BCUT2D eigenvalue weighted by atomic mass is 10.0. The van der Waals surface area contributed by atoms with Gasteiger partial charge in [0.1, 0.15) is 0 Å². The zero-order chi connectivity index (χ0) is 11.1. The Labute approximate surface area is 104 Å². The number of H-pyrrole nitrogens is 1. The number of aromatic nitrogens is 1. The fourth-order valence-corrected chi connectivity index (χ4v) is 2.35. The second kappa shape index (κ2) is 4.39. The lowest BCUT2D eigenvalue weighted by Gasteiger charge is -2.12. The molecule has 0 spiro atoms. The predicted octanol–water partition coefficient (Wildman–Crippen LogP) is 1.93. The van der Waals surface area contributed by atoms with E-state index in [9.17, 15) is 4.79 Å². The molecule has 17 heavy (non-hydrogen) atoms. The molecular formula is C12H13ClN2O2. The summed E-state index contributed by atoms with van der Waals surface area (Å²) in [6.07, 6.45) is 0.934. The molecule has 2 heterocycles. The number of fused-ring (bicyclic) bond motifs is 3. The molecule has 0 aliphatic carbocycles. The van der Waals surface area contributed by atoms with E-state index in [-0.39, 0.29) is 12.4 Å². The minimum atomic E-state index is -0.878. The highest BCUT2D eigenvalue weighted by Gasteiger charge is 2.18. The molecule has 3 rings (SSSR count). The van der Waals surface area contributed by atoms with Gasteiger partial charge in [0.05, 0.1) is 11.1 Å². The molecule has 0 unspecified atom stereocenters. The van der Waals surface area contributed by atoms with Crippen LogP contribution in [0.2, 0.25) is 0 Å². The van der Waals surface area contributed by atoms with Crippen LogP contribution in [0.15, 0.2) is 18.2 Å². The minimum absolute atomic E-state index is 0. The Hall–Kier alpha value is -1.52. The molecule has 0 radical (unpaired) electrons. The van der Waals surface area contributed by atoms with Gasteiger partial charge in [-0.3, -0.25) is 0 Å². The van der Waals surface area contributed by atoms with Gasteiger partial charge < -0.3 is 15.4 Å². The Morgan fingerprint density at radius 1 is 1.35 bits per heavy atom. The summed E-state index contributed by atoms with van der Waals surface area (Å²) in [6.45, 7) is 1.76. The van der Waals surface area contributed by atoms with Crippen LogP contribution in [0.1, 0.15) is 21.6 Å². The molecule has 1 aliphatic rings. The number of aromatic carboxylic acids is 1. The van der Waals surface area contributed by atoms with Gasteiger partial charge in [-0.1, -0.05) is 12.1 Å². The normalized spacial score (nSPS) is 14.1. The average molecular weight is 253 g/mol. The van der Waals surface area contributed by atoms with Crippen molar-refractivity contribution in [3.8, 4) is 0 Å². The summed E-state index contributed by atoms with van der Waals surface area (Å²) in [6, 6.07) is 5.42. The van der Waals surface area contributed by atoms with Gasteiger partial charge in [-0.2, -0.15) is 0 Å². The van der Waals surface area contributed by atoms with Crippen LogP contribution >= 0.6 is 12.4 Å². The van der Waals surface area contributed by atoms with Crippen LogP contribution in [-0.2, 0) is 13.0 Å². The number of hydrogen-bond acceptors (Lipinski definition) is 2. The summed E-state index contributed by atoms with van der Waals surface area (Å²) in [5.74, 6) is -0.878. The molecule has 1 aliphatic heterocycles. The van der Waals surface area contributed by atoms with Crippen molar-refractivity contribution in [2.75, 3.05) is 6.54 Å². The van der Waals surface area contributed by atoms with Crippen LogP contribution in [0.5, 0.6) is 0 Å². The minimum Gasteiger partial charge on any atom is -0.478 e. The number of carbonyl (C=O) groups is 1. The van der Waals surface area contributed by atoms with Crippen molar-refractivity contribution in [3.05, 3.63) is 35.0 Å². The molecule has 3 N–H and O–H groups in total. The van der Waals surface area contributed by atoms with E-state index in [1.807, 2.05) is 6.07 Å². The number of para-hydroxylation sites is 1. The maximum atomic E-state index is 11.1. The summed E-state index contributed by atoms with van der Waals surface area (Å²) >= 11 is 0. The van der Waals surface area contributed by atoms with Crippen LogP contribution in [0.3, 0.4) is 0 Å². The van der Waals surface area contributed by atoms with Gasteiger partial charge in [0.2, 0.25) is 0 Å². The van der Waals surface area contributed by atoms with E-state index in [2.05, 4.69) is 10.3 Å². The van der Waals surface area contributed by atoms with E-state index in [4.69, 9.17) is 5.11 Å². The second-order valence-electron chi connectivity index (χ2n) is 4.04. The summed E-state index contributed by atoms with van der Waals surface area (Å²) in [5.41, 5.74) is 3.49. The van der Waals surface area contributed by atoms with E-state index >= 15 is 0 Å². The molecule has 5 heteroatoms. The standard InChI is InChI=1S/C12H12N2O2.ClH/c15-12(16)8-3-1-2-7-9-6-13-5-4-10(9)14-11(7)8;/h1-3,13-14H,4-6H2,(H,15,16);1H. The molecule has 0 saturated heterocycles. The van der Waals surface area contributed by atoms with Gasteiger partial charge in [-0.15, -0.1) is 12.4 Å². The van der Waals surface area contributed by atoms with Crippen molar-refractivity contribution in [1.29, 1.82) is 0 Å². The Balaban J connectivity index is 0.00000108. The van der Waals surface area contributed by atoms with Crippen LogP contribution in [0.25, 0.3) is 10.9 Å². The molecule has 0 fully saturated rings. The van der Waals surface area contributed by atoms with Crippen LogP contribution in [0.4, 0.5) is 0 Å². The third kappa shape index (κ3) is 1.79. The summed E-state index contributed by atoms with van der Waals surface area (Å²) in [4.78, 5) is 14.3. The first kappa shape index (κ1) is 12.0. The number of halogens is 1. The van der Waals surface area contributed by atoms with Crippen molar-refractivity contribution in [2.45, 2.75) is 13.0 Å². The summed E-state index contributed by atoms with van der Waals surface area (Å²) < 4.78 is 0. The first-order valence-electron chi connectivity index (χ1n) is 5.34. The molecule has 1 aromatic heterocycles. The molecule has 2 aromatic rings. The van der Waals surface area contributed by atoms with Gasteiger partial charge in [0, 0.05) is 30.6 Å². The number of hydrogen-bond donors (Lipinski definition) is 3. The van der Waals surface area contributed by atoms with Crippen molar-refractivity contribution >= 4 is 29.3 Å². The van der Waals surface area contributed by atoms with E-state index in [1.54, 1.807) is 12.1 Å². The molecular weight excluding hydrogens is 240 g/mol. The highest BCUT2D eigenvalue weighted by atomic mass is 35.5. The number of carboxylic acid groups (broad SMARTS) is 1. The number of aromatic amines is 1. The van der Waals surface area contributed by atoms with Gasteiger partial charge >= 0.3 is 5.97 Å². The largest absolute Gasteiger partial charge is 0.478 e. The maximum absolute atomic E-state index is 11.1. The van der Waals surface area contributed by atoms with Crippen molar-refractivity contribution in [2.24, 2.45) is 0 Å². The van der Waals surface area contributed by atoms with E-state index in [0.717, 1.165) is 30.4 Å². The number of carboxylic acids is 1. The molecule has 0 bridgehead atoms. The third-order valence-corrected chi connectivity index (χ3v) is 3.11. The predicted molar refractivity (Wildman–Crippen MR) is 67.9 cm³/mol. The van der Waals surface area contributed by atoms with Crippen LogP contribution in [-0.4, -0.2) is 22.6 Å². The molecule has 0 saturated carbocycles. The Morgan fingerprint density at radius 2 is 2.18 bits per heavy atom. The maximum Gasteiger partial charge on any atom is 0.337 e. The molecule has 1 aromatic carbocycles. The molecule has 90 valence electrons. The van der Waals surface area contributed by atoms with Gasteiger partial charge in [-0.25, -0.2) is 4.79 Å². The van der Waals surface area contributed by atoms with Gasteiger partial charge in [-0.05, 0) is 11.6 Å². The van der Waals surface area contributed by atoms with E-state index < -0.39 is 5.97 Å². The van der Waals surface area contributed by atoms with Crippen molar-refractivity contribution < 1.29 is 9.90 Å². The Morgan fingerprint density at radius 3 is 2.94 bits per heavy atom. The fraction of sp³-hybridized carbons (Fsp3) is 0.250. The monoisotopic (exact) mass is 252 g/mol. The third-order valence-electron chi connectivity index (χ3n) is 3.11. The molecule has 4 nitrogen and oxygen atoms in total. The zero-order valence-electron chi connectivity index (χ0n) is 9.12. The Kier molecular flexibility index (Phi) is 3.09. The first-order chi connectivity index (χ1) is 7.77. The smallest absolute Gasteiger partial charge is 0.337 e. The Bertz CT molecular complexity index is 577. The molecule has 0 atom stereocenters. The van der Waals surface area contributed by atoms with Crippen molar-refractivity contribution in [1.82, 2.24) is 10.3 Å². The number of nitrogens with one attached hydrogen (secondary N) is 2. The lowest BCUT2D eigenvalue weighted by Crippen LogP contribution is -2.22. The highest BCUT2D eigenvalue weighted by Crippen LogP contribution is 2.27. The van der Waals surface area contributed by atoms with E-state index in [1.165, 1.54) is 11.3 Å². The summed E-state index contributed by atoms with van der Waals surface area (Å²) in [7, 11) is 0. The molecule has 0 amide bonds. The van der Waals surface area contributed by atoms with Gasteiger partial charge in [0.15, 0.2) is 0 Å². The topological polar surface area (TPSA) is 65.1 Å². The summed E-state index contributed by atoms with van der Waals surface area (Å²) in [5, 5.41) is 13.4. The first-order valence-corrected chi connectivity index (χ1v) is 5.34. The van der Waals surface area contributed by atoms with Crippen LogP contribution < -0.4 is 5.32 Å². The fourth-order valence-electron chi connectivity index (χ4n) is 2.35. The van der Waals surface area contributed by atoms with Gasteiger partial charge in [0.25, 0.3) is 0 Å². The average Bonchev–Trinajstić information content (AvgIpc) is 2.67. The van der Waals surface area contributed by atoms with Crippen LogP contribution in [0, 0.1) is 0 Å². The zero-order valence-corrected chi connectivity index (χ0v) is 9.93. The van der Waals surface area contributed by atoms with E-state index in [0.29, 0.717) is 5.56 Å². The second-order valence-corrected chi connectivity index (χ2v) is 4.04. The quantitative estimate of drug-likeness (QED) is 0.727. The number of benzene rings is 1. The SMILES string of the molecule is Cl.O=C(O)c1cccc2c3c([nH]c12)CCNC3. The van der Waals surface area contributed by atoms with Crippen molar-refractivity contribution in [3.63, 3.8) is 0 Å².